The third-order valence-electron chi connectivity index (χ3n) is 2.93. The molecule has 0 heterocycles. The van der Waals surface area contributed by atoms with Gasteiger partial charge in [0.1, 0.15) is 5.75 Å². The van der Waals surface area contributed by atoms with Gasteiger partial charge in [0.15, 0.2) is 5.78 Å². The molecule has 0 unspecified atom stereocenters. The van der Waals surface area contributed by atoms with Crippen molar-refractivity contribution >= 4 is 23.9 Å². The van der Waals surface area contributed by atoms with Crippen LogP contribution >= 0.6 is 0 Å². The number of carbonyl (C=O) groups is 2. The highest BCUT2D eigenvalue weighted by Gasteiger charge is 2.00. The molecular formula is C19H18O5. The number of rotatable bonds is 5. The summed E-state index contributed by atoms with van der Waals surface area (Å²) in [5.74, 6) is -0.994. The number of aliphatic hydroxyl groups is 1. The van der Waals surface area contributed by atoms with Gasteiger partial charge >= 0.3 is 5.97 Å². The average Bonchev–Trinajstić information content (AvgIpc) is 2.61. The Kier molecular flexibility index (Phi) is 7.67. The van der Waals surface area contributed by atoms with Gasteiger partial charge in [0, 0.05) is 7.11 Å². The number of carboxylic acids is 1. The van der Waals surface area contributed by atoms with E-state index in [-0.39, 0.29) is 17.1 Å². The number of phenolic OH excluding ortho intramolecular Hbond substituents is 1. The number of aromatic hydroxyl groups is 1. The van der Waals surface area contributed by atoms with E-state index >= 15 is 0 Å². The predicted molar refractivity (Wildman–Crippen MR) is 92.7 cm³/mol. The van der Waals surface area contributed by atoms with E-state index in [2.05, 4.69) is 0 Å². The molecule has 2 aromatic carbocycles. The van der Waals surface area contributed by atoms with Gasteiger partial charge in [-0.3, -0.25) is 4.79 Å². The molecule has 2 aromatic rings. The van der Waals surface area contributed by atoms with Crippen molar-refractivity contribution in [3.63, 3.8) is 0 Å². The highest BCUT2D eigenvalue weighted by atomic mass is 16.4. The van der Waals surface area contributed by atoms with Gasteiger partial charge < -0.3 is 15.3 Å². The summed E-state index contributed by atoms with van der Waals surface area (Å²) in [6, 6.07) is 12.7. The number of aliphatic hydroxyl groups excluding tert-OH is 1. The molecule has 0 aliphatic carbocycles. The predicted octanol–water partition coefficient (Wildman–Crippen LogP) is 2.99. The zero-order valence-electron chi connectivity index (χ0n) is 13.1. The molecule has 124 valence electrons. The number of allylic oxidation sites excluding steroid dienone is 2. The van der Waals surface area contributed by atoms with Crippen LogP contribution in [-0.4, -0.2) is 34.2 Å². The Balaban J connectivity index is 0.00000139. The number of benzene rings is 2. The molecule has 0 radical (unpaired) electrons. The van der Waals surface area contributed by atoms with Crippen LogP contribution < -0.4 is 0 Å². The van der Waals surface area contributed by atoms with E-state index in [1.54, 1.807) is 48.6 Å². The second-order valence-electron chi connectivity index (χ2n) is 4.59. The maximum absolute atomic E-state index is 11.7. The Labute approximate surface area is 139 Å². The molecule has 0 atom stereocenters. The van der Waals surface area contributed by atoms with Gasteiger partial charge in [-0.15, -0.1) is 0 Å². The first kappa shape index (κ1) is 18.9. The maximum Gasteiger partial charge on any atom is 0.335 e. The first-order valence-electron chi connectivity index (χ1n) is 7.02. The lowest BCUT2D eigenvalue weighted by Crippen LogP contribution is -1.94. The number of aromatic carboxylic acids is 1. The summed E-state index contributed by atoms with van der Waals surface area (Å²) in [6.07, 6.45) is 6.11. The van der Waals surface area contributed by atoms with E-state index in [4.69, 9.17) is 15.3 Å². The molecule has 0 aliphatic rings. The summed E-state index contributed by atoms with van der Waals surface area (Å²) in [4.78, 5) is 22.4. The van der Waals surface area contributed by atoms with Crippen LogP contribution in [0.2, 0.25) is 0 Å². The number of carbonyl (C=O) groups excluding carboxylic acids is 1. The van der Waals surface area contributed by atoms with Gasteiger partial charge in [-0.05, 0) is 47.5 Å². The van der Waals surface area contributed by atoms with E-state index < -0.39 is 5.97 Å². The lowest BCUT2D eigenvalue weighted by molar-refractivity contribution is -0.110. The van der Waals surface area contributed by atoms with Crippen LogP contribution in [-0.2, 0) is 4.79 Å². The summed E-state index contributed by atoms with van der Waals surface area (Å²) >= 11 is 0. The van der Waals surface area contributed by atoms with Crippen LogP contribution in [0.4, 0.5) is 0 Å². The van der Waals surface area contributed by atoms with E-state index in [0.29, 0.717) is 0 Å². The molecule has 2 rings (SSSR count). The van der Waals surface area contributed by atoms with E-state index in [1.165, 1.54) is 24.3 Å². The molecule has 5 nitrogen and oxygen atoms in total. The van der Waals surface area contributed by atoms with Crippen LogP contribution in [0.3, 0.4) is 0 Å². The summed E-state index contributed by atoms with van der Waals surface area (Å²) < 4.78 is 0. The van der Waals surface area contributed by atoms with E-state index in [9.17, 15) is 9.59 Å². The second kappa shape index (κ2) is 9.76. The topological polar surface area (TPSA) is 94.8 Å². The second-order valence-corrected chi connectivity index (χ2v) is 4.59. The fraction of sp³-hybridized carbons (Fsp3) is 0.0526. The first-order valence-corrected chi connectivity index (χ1v) is 7.02. The number of carboxylic acid groups (broad SMARTS) is 1. The Morgan fingerprint density at radius 1 is 0.792 bits per heavy atom. The highest BCUT2D eigenvalue weighted by Crippen LogP contribution is 2.11. The summed E-state index contributed by atoms with van der Waals surface area (Å²) in [7, 11) is 1.00. The average molecular weight is 326 g/mol. The molecule has 0 bridgehead atoms. The van der Waals surface area contributed by atoms with Crippen LogP contribution in [0.15, 0.2) is 60.7 Å². The fourth-order valence-corrected chi connectivity index (χ4v) is 1.73. The molecule has 0 saturated heterocycles. The highest BCUT2D eigenvalue weighted by molar-refractivity contribution is 6.04. The smallest absolute Gasteiger partial charge is 0.335 e. The van der Waals surface area contributed by atoms with Gasteiger partial charge in [0.2, 0.25) is 0 Å². The minimum atomic E-state index is -0.983. The van der Waals surface area contributed by atoms with E-state index in [1.807, 2.05) is 0 Å². The van der Waals surface area contributed by atoms with Crippen molar-refractivity contribution in [2.75, 3.05) is 7.11 Å². The number of hydrogen-bond donors (Lipinski definition) is 3. The van der Waals surface area contributed by atoms with Crippen molar-refractivity contribution in [2.45, 2.75) is 0 Å². The largest absolute Gasteiger partial charge is 0.508 e. The molecule has 0 fully saturated rings. The summed E-state index contributed by atoms with van der Waals surface area (Å²) in [5.41, 5.74) is 1.76. The van der Waals surface area contributed by atoms with Crippen molar-refractivity contribution < 1.29 is 24.9 Å². The zero-order valence-corrected chi connectivity index (χ0v) is 13.1. The molecule has 0 amide bonds. The third-order valence-corrected chi connectivity index (χ3v) is 2.93. The lowest BCUT2D eigenvalue weighted by atomic mass is 10.1. The van der Waals surface area contributed by atoms with E-state index in [0.717, 1.165) is 18.2 Å². The number of ketones is 1. The van der Waals surface area contributed by atoms with Crippen LogP contribution in [0.1, 0.15) is 21.5 Å². The van der Waals surface area contributed by atoms with Gasteiger partial charge in [0.25, 0.3) is 0 Å². The first-order chi connectivity index (χ1) is 11.5. The van der Waals surface area contributed by atoms with Crippen molar-refractivity contribution in [3.05, 3.63) is 77.4 Å². The molecular weight excluding hydrogens is 308 g/mol. The molecule has 5 heteroatoms. The zero-order chi connectivity index (χ0) is 17.9. The van der Waals surface area contributed by atoms with Crippen LogP contribution in [0, 0.1) is 0 Å². The van der Waals surface area contributed by atoms with Crippen LogP contribution in [0.25, 0.3) is 12.2 Å². The summed E-state index contributed by atoms with van der Waals surface area (Å²) in [6.45, 7) is 0. The van der Waals surface area contributed by atoms with Gasteiger partial charge in [-0.2, -0.15) is 0 Å². The molecule has 0 saturated carbocycles. The number of phenols is 1. The summed E-state index contributed by atoms with van der Waals surface area (Å²) in [5, 5.41) is 25.0. The molecule has 24 heavy (non-hydrogen) atoms. The maximum atomic E-state index is 11.7. The van der Waals surface area contributed by atoms with Crippen molar-refractivity contribution in [1.29, 1.82) is 0 Å². The van der Waals surface area contributed by atoms with Crippen molar-refractivity contribution in [3.8, 4) is 5.75 Å². The minimum absolute atomic E-state index is 0.174. The number of hydrogen-bond acceptors (Lipinski definition) is 4. The van der Waals surface area contributed by atoms with Gasteiger partial charge in [-0.1, -0.05) is 36.4 Å². The quantitative estimate of drug-likeness (QED) is 0.734. The molecule has 3 N–H and O–H groups in total. The Hall–Kier alpha value is -3.18. The van der Waals surface area contributed by atoms with Gasteiger partial charge in [0.05, 0.1) is 5.56 Å². The Morgan fingerprint density at radius 2 is 1.21 bits per heavy atom. The monoisotopic (exact) mass is 326 g/mol. The van der Waals surface area contributed by atoms with Crippen LogP contribution in [0.5, 0.6) is 5.75 Å². The lowest BCUT2D eigenvalue weighted by Gasteiger charge is -1.95. The molecule has 0 aliphatic heterocycles. The van der Waals surface area contributed by atoms with Crippen molar-refractivity contribution in [1.82, 2.24) is 0 Å². The Bertz CT molecular complexity index is 725. The van der Waals surface area contributed by atoms with Gasteiger partial charge in [-0.25, -0.2) is 4.79 Å². The molecule has 0 spiro atoms. The Morgan fingerprint density at radius 3 is 1.62 bits per heavy atom. The SMILES string of the molecule is CO.O=C(/C=C/c1ccc(O)cc1)/C=C/c1ccc(C(=O)O)cc1. The molecule has 0 aromatic heterocycles. The minimum Gasteiger partial charge on any atom is -0.508 e. The fourth-order valence-electron chi connectivity index (χ4n) is 1.73. The normalized spacial score (nSPS) is 10.4. The third kappa shape index (κ3) is 6.29. The van der Waals surface area contributed by atoms with Crippen molar-refractivity contribution in [2.24, 2.45) is 0 Å². The standard InChI is InChI=1S/C18H14O4.CH4O/c19-16(10-4-14-5-11-17(20)12-6-14)9-3-13-1-7-15(8-2-13)18(21)22;1-2/h1-12,20H,(H,21,22);2H,1H3/b9-3+,10-4+;.